The monoisotopic (exact) mass is 319 g/mol. The highest BCUT2D eigenvalue weighted by Crippen LogP contribution is 2.23. The molecule has 0 saturated carbocycles. The molecule has 120 valence electrons. The average Bonchev–Trinajstić information content (AvgIpc) is 3.11. The Bertz CT molecular complexity index is 1060. The molecular weight excluding hydrogens is 302 g/mol. The van der Waals surface area contributed by atoms with Crippen LogP contribution in [0.1, 0.15) is 17.0 Å². The van der Waals surface area contributed by atoms with Gasteiger partial charge in [0.2, 0.25) is 0 Å². The highest BCUT2D eigenvalue weighted by Gasteiger charge is 2.09. The molecular formula is C18H17N5O. The number of imidazole rings is 1. The SMILES string of the molecule is Cc1cc2nc(-c3ccc(-n4c(C)n[nH]c4=O)cc3)[nH]c2cc1C. The second kappa shape index (κ2) is 5.19. The lowest BCUT2D eigenvalue weighted by atomic mass is 10.1. The van der Waals surface area contributed by atoms with Gasteiger partial charge in [-0.2, -0.15) is 5.10 Å². The van der Waals surface area contributed by atoms with Crippen molar-refractivity contribution in [2.24, 2.45) is 0 Å². The number of fused-ring (bicyclic) bond motifs is 1. The number of rotatable bonds is 2. The fraction of sp³-hybridized carbons (Fsp3) is 0.167. The third kappa shape index (κ3) is 2.23. The maximum absolute atomic E-state index is 11.8. The standard InChI is InChI=1S/C18H17N5O/c1-10-8-15-16(9-11(10)2)20-17(19-15)13-4-6-14(7-5-13)23-12(3)21-22-18(23)24/h4-9H,1-3H3,(H,19,20)(H,22,24). The third-order valence-corrected chi connectivity index (χ3v) is 4.34. The minimum absolute atomic E-state index is 0.241. The number of H-pyrrole nitrogens is 2. The van der Waals surface area contributed by atoms with Crippen molar-refractivity contribution in [1.82, 2.24) is 24.7 Å². The fourth-order valence-electron chi connectivity index (χ4n) is 2.85. The third-order valence-electron chi connectivity index (χ3n) is 4.34. The molecule has 0 saturated heterocycles. The van der Waals surface area contributed by atoms with Gasteiger partial charge in [-0.1, -0.05) is 0 Å². The van der Waals surface area contributed by atoms with Crippen LogP contribution >= 0.6 is 0 Å². The number of nitrogens with one attached hydrogen (secondary N) is 2. The minimum atomic E-state index is -0.241. The van der Waals surface area contributed by atoms with E-state index < -0.39 is 0 Å². The van der Waals surface area contributed by atoms with Gasteiger partial charge in [0, 0.05) is 5.56 Å². The molecule has 2 N–H and O–H groups in total. The number of aromatic nitrogens is 5. The summed E-state index contributed by atoms with van der Waals surface area (Å²) in [4.78, 5) is 19.8. The molecule has 0 bridgehead atoms. The molecule has 2 aromatic carbocycles. The van der Waals surface area contributed by atoms with Crippen LogP contribution < -0.4 is 5.69 Å². The number of nitrogens with zero attached hydrogens (tertiary/aromatic N) is 3. The van der Waals surface area contributed by atoms with E-state index in [2.05, 4.69) is 46.1 Å². The van der Waals surface area contributed by atoms with E-state index in [0.29, 0.717) is 5.82 Å². The van der Waals surface area contributed by atoms with E-state index in [9.17, 15) is 4.79 Å². The van der Waals surface area contributed by atoms with E-state index >= 15 is 0 Å². The molecule has 0 fully saturated rings. The van der Waals surface area contributed by atoms with Crippen LogP contribution in [0.5, 0.6) is 0 Å². The van der Waals surface area contributed by atoms with Crippen LogP contribution in [0, 0.1) is 20.8 Å². The Morgan fingerprint density at radius 3 is 2.38 bits per heavy atom. The molecule has 0 unspecified atom stereocenters. The van der Waals surface area contributed by atoms with Gasteiger partial charge >= 0.3 is 5.69 Å². The van der Waals surface area contributed by atoms with Crippen molar-refractivity contribution >= 4 is 11.0 Å². The van der Waals surface area contributed by atoms with Crippen LogP contribution in [0.15, 0.2) is 41.2 Å². The smallest absolute Gasteiger partial charge is 0.338 e. The van der Waals surface area contributed by atoms with Gasteiger partial charge in [-0.3, -0.25) is 0 Å². The van der Waals surface area contributed by atoms with Crippen molar-refractivity contribution in [3.05, 3.63) is 63.8 Å². The van der Waals surface area contributed by atoms with Crippen LogP contribution in [0.3, 0.4) is 0 Å². The van der Waals surface area contributed by atoms with Gasteiger partial charge in [-0.25, -0.2) is 19.4 Å². The van der Waals surface area contributed by atoms with Crippen molar-refractivity contribution in [3.63, 3.8) is 0 Å². The first kappa shape index (κ1) is 14.4. The average molecular weight is 319 g/mol. The molecule has 0 atom stereocenters. The van der Waals surface area contributed by atoms with Crippen molar-refractivity contribution < 1.29 is 0 Å². The van der Waals surface area contributed by atoms with Crippen molar-refractivity contribution in [3.8, 4) is 17.1 Å². The normalized spacial score (nSPS) is 11.3. The van der Waals surface area contributed by atoms with Gasteiger partial charge < -0.3 is 4.98 Å². The Labute approximate surface area is 138 Å². The number of aryl methyl sites for hydroxylation is 3. The molecule has 0 spiro atoms. The number of hydrogen-bond donors (Lipinski definition) is 2. The van der Waals surface area contributed by atoms with Crippen molar-refractivity contribution in [2.75, 3.05) is 0 Å². The molecule has 2 aromatic heterocycles. The summed E-state index contributed by atoms with van der Waals surface area (Å²) in [6.07, 6.45) is 0. The first-order chi connectivity index (χ1) is 11.5. The summed E-state index contributed by atoms with van der Waals surface area (Å²) in [6.45, 7) is 5.97. The number of aromatic amines is 2. The van der Waals surface area contributed by atoms with Gasteiger partial charge in [-0.15, -0.1) is 0 Å². The zero-order valence-corrected chi connectivity index (χ0v) is 13.7. The second-order valence-corrected chi connectivity index (χ2v) is 6.00. The molecule has 24 heavy (non-hydrogen) atoms. The van der Waals surface area contributed by atoms with E-state index in [-0.39, 0.29) is 5.69 Å². The van der Waals surface area contributed by atoms with Gasteiger partial charge in [0.05, 0.1) is 16.7 Å². The van der Waals surface area contributed by atoms with Crippen molar-refractivity contribution in [2.45, 2.75) is 20.8 Å². The lowest BCUT2D eigenvalue weighted by Crippen LogP contribution is -2.15. The summed E-state index contributed by atoms with van der Waals surface area (Å²) in [5.41, 5.74) is 5.96. The summed E-state index contributed by atoms with van der Waals surface area (Å²) in [5, 5.41) is 6.37. The predicted molar refractivity (Wildman–Crippen MR) is 93.5 cm³/mol. The van der Waals surface area contributed by atoms with Crippen LogP contribution in [-0.2, 0) is 0 Å². The molecule has 4 aromatic rings. The minimum Gasteiger partial charge on any atom is -0.338 e. The van der Waals surface area contributed by atoms with Gasteiger partial charge in [0.25, 0.3) is 0 Å². The zero-order valence-electron chi connectivity index (χ0n) is 13.7. The van der Waals surface area contributed by atoms with Crippen LogP contribution in [-0.4, -0.2) is 24.7 Å². The first-order valence-electron chi connectivity index (χ1n) is 7.75. The second-order valence-electron chi connectivity index (χ2n) is 6.00. The number of benzene rings is 2. The summed E-state index contributed by atoms with van der Waals surface area (Å²) in [6, 6.07) is 11.9. The van der Waals surface area contributed by atoms with Gasteiger partial charge in [0.1, 0.15) is 11.6 Å². The Morgan fingerprint density at radius 2 is 1.71 bits per heavy atom. The molecule has 0 aliphatic carbocycles. The van der Waals surface area contributed by atoms with E-state index in [0.717, 1.165) is 28.1 Å². The largest absolute Gasteiger partial charge is 0.347 e. The fourth-order valence-corrected chi connectivity index (χ4v) is 2.85. The molecule has 2 heterocycles. The molecule has 0 aliphatic heterocycles. The number of hydrogen-bond acceptors (Lipinski definition) is 3. The summed E-state index contributed by atoms with van der Waals surface area (Å²) >= 11 is 0. The molecule has 6 heteroatoms. The van der Waals surface area contributed by atoms with Gasteiger partial charge in [-0.05, 0) is 68.3 Å². The topological polar surface area (TPSA) is 79.4 Å². The highest BCUT2D eigenvalue weighted by molar-refractivity contribution is 5.81. The van der Waals surface area contributed by atoms with Crippen LogP contribution in [0.2, 0.25) is 0 Å². The first-order valence-corrected chi connectivity index (χ1v) is 7.75. The Balaban J connectivity index is 1.77. The lowest BCUT2D eigenvalue weighted by molar-refractivity contribution is 0.944. The molecule has 0 radical (unpaired) electrons. The Morgan fingerprint density at radius 1 is 1.00 bits per heavy atom. The molecule has 4 rings (SSSR count). The molecule has 0 aliphatic rings. The predicted octanol–water partition coefficient (Wildman–Crippen LogP) is 3.03. The van der Waals surface area contributed by atoms with E-state index in [1.165, 1.54) is 15.7 Å². The highest BCUT2D eigenvalue weighted by atomic mass is 16.1. The van der Waals surface area contributed by atoms with Crippen molar-refractivity contribution in [1.29, 1.82) is 0 Å². The summed E-state index contributed by atoms with van der Waals surface area (Å²) < 4.78 is 1.54. The quantitative estimate of drug-likeness (QED) is 0.596. The lowest BCUT2D eigenvalue weighted by Gasteiger charge is -2.03. The van der Waals surface area contributed by atoms with E-state index in [4.69, 9.17) is 0 Å². The Hall–Kier alpha value is -3.15. The van der Waals surface area contributed by atoms with E-state index in [1.807, 2.05) is 24.3 Å². The molecule has 0 amide bonds. The maximum atomic E-state index is 11.8. The summed E-state index contributed by atoms with van der Waals surface area (Å²) in [7, 11) is 0. The van der Waals surface area contributed by atoms with E-state index in [1.54, 1.807) is 6.92 Å². The maximum Gasteiger partial charge on any atom is 0.347 e. The molecule has 6 nitrogen and oxygen atoms in total. The Kier molecular flexibility index (Phi) is 3.13. The zero-order chi connectivity index (χ0) is 16.8. The van der Waals surface area contributed by atoms with Gasteiger partial charge in [0.15, 0.2) is 0 Å². The van der Waals surface area contributed by atoms with Crippen LogP contribution in [0.4, 0.5) is 0 Å². The van der Waals surface area contributed by atoms with Crippen LogP contribution in [0.25, 0.3) is 28.1 Å². The summed E-state index contributed by atoms with van der Waals surface area (Å²) in [5.74, 6) is 1.44.